The summed E-state index contributed by atoms with van der Waals surface area (Å²) >= 11 is 6.33. The van der Waals surface area contributed by atoms with Crippen LogP contribution in [-0.2, 0) is 0 Å². The summed E-state index contributed by atoms with van der Waals surface area (Å²) in [6.45, 7) is 1.76. The molecule has 0 aliphatic heterocycles. The van der Waals surface area contributed by atoms with Crippen molar-refractivity contribution in [2.24, 2.45) is 5.10 Å². The molecular formula is C17H13ClFN5O. The summed E-state index contributed by atoms with van der Waals surface area (Å²) in [4.78, 5) is 15.8. The van der Waals surface area contributed by atoms with Crippen LogP contribution in [0.2, 0.25) is 5.15 Å². The summed E-state index contributed by atoms with van der Waals surface area (Å²) in [7, 11) is 0. The van der Waals surface area contributed by atoms with E-state index in [0.29, 0.717) is 27.7 Å². The predicted molar refractivity (Wildman–Crippen MR) is 92.6 cm³/mol. The fourth-order valence-electron chi connectivity index (χ4n) is 2.13. The molecule has 0 unspecified atom stereocenters. The summed E-state index contributed by atoms with van der Waals surface area (Å²) in [5.41, 5.74) is 4.66. The van der Waals surface area contributed by atoms with E-state index >= 15 is 0 Å². The molecule has 25 heavy (non-hydrogen) atoms. The van der Waals surface area contributed by atoms with Crippen LogP contribution < -0.4 is 5.43 Å². The van der Waals surface area contributed by atoms with Gasteiger partial charge in [-0.1, -0.05) is 11.6 Å². The molecule has 0 saturated carbocycles. The number of hydrogen-bond donors (Lipinski definition) is 1. The minimum absolute atomic E-state index is 0.311. The number of hydrogen-bond acceptors (Lipinski definition) is 4. The van der Waals surface area contributed by atoms with Crippen molar-refractivity contribution in [3.05, 3.63) is 76.6 Å². The van der Waals surface area contributed by atoms with Crippen molar-refractivity contribution in [2.75, 3.05) is 0 Å². The van der Waals surface area contributed by atoms with E-state index in [1.165, 1.54) is 35.4 Å². The second-order valence-electron chi connectivity index (χ2n) is 5.11. The zero-order chi connectivity index (χ0) is 17.8. The number of halogens is 2. The molecule has 0 aliphatic carbocycles. The minimum atomic E-state index is -0.363. The van der Waals surface area contributed by atoms with Crippen molar-refractivity contribution in [3.8, 4) is 5.69 Å². The molecule has 0 aliphatic rings. The first kappa shape index (κ1) is 16.8. The average Bonchev–Trinajstić information content (AvgIpc) is 2.91. The summed E-state index contributed by atoms with van der Waals surface area (Å²) in [5, 5.41) is 8.55. The molecule has 3 aromatic rings. The first-order chi connectivity index (χ1) is 12.1. The molecular weight excluding hydrogens is 345 g/mol. The number of aromatic nitrogens is 3. The third-order valence-corrected chi connectivity index (χ3v) is 3.79. The van der Waals surface area contributed by atoms with E-state index in [-0.39, 0.29) is 11.7 Å². The van der Waals surface area contributed by atoms with E-state index in [1.807, 2.05) is 0 Å². The zero-order valence-electron chi connectivity index (χ0n) is 13.1. The molecule has 0 bridgehead atoms. The number of carbonyl (C=O) groups excluding carboxylic acids is 1. The van der Waals surface area contributed by atoms with Gasteiger partial charge >= 0.3 is 0 Å². The van der Waals surface area contributed by atoms with Crippen LogP contribution in [0, 0.1) is 12.7 Å². The molecule has 1 aromatic carbocycles. The maximum absolute atomic E-state index is 13.0. The van der Waals surface area contributed by atoms with Crippen LogP contribution in [0.25, 0.3) is 5.69 Å². The maximum atomic E-state index is 13.0. The van der Waals surface area contributed by atoms with E-state index < -0.39 is 0 Å². The maximum Gasteiger partial charge on any atom is 0.271 e. The number of nitrogens with one attached hydrogen (secondary N) is 1. The molecule has 0 radical (unpaired) electrons. The molecule has 126 valence electrons. The molecule has 8 heteroatoms. The van der Waals surface area contributed by atoms with Gasteiger partial charge in [-0.15, -0.1) is 0 Å². The highest BCUT2D eigenvalue weighted by atomic mass is 35.5. The third kappa shape index (κ3) is 3.72. The number of hydrazone groups is 1. The first-order valence-electron chi connectivity index (χ1n) is 7.31. The fourth-order valence-corrected chi connectivity index (χ4v) is 2.46. The quantitative estimate of drug-likeness (QED) is 0.576. The lowest BCUT2D eigenvalue weighted by molar-refractivity contribution is 0.0955. The standard InChI is InChI=1S/C17H13ClFN5O/c1-11-15(10-21-22-17(25)12-6-8-20-9-7-12)16(18)24(23-11)14-4-2-13(19)3-5-14/h2-10H,1H3,(H,22,25). The molecule has 1 N–H and O–H groups in total. The molecule has 0 spiro atoms. The predicted octanol–water partition coefficient (Wildman–Crippen LogP) is 3.13. The Balaban J connectivity index is 1.79. The summed E-state index contributed by atoms with van der Waals surface area (Å²) in [6, 6.07) is 8.95. The zero-order valence-corrected chi connectivity index (χ0v) is 13.9. The second kappa shape index (κ2) is 7.23. The van der Waals surface area contributed by atoms with Gasteiger partial charge in [0.05, 0.1) is 23.2 Å². The monoisotopic (exact) mass is 357 g/mol. The van der Waals surface area contributed by atoms with E-state index in [4.69, 9.17) is 11.6 Å². The molecule has 0 fully saturated rings. The van der Waals surface area contributed by atoms with Crippen molar-refractivity contribution in [1.29, 1.82) is 0 Å². The SMILES string of the molecule is Cc1nn(-c2ccc(F)cc2)c(Cl)c1C=NNC(=O)c1ccncc1. The smallest absolute Gasteiger partial charge is 0.267 e. The third-order valence-electron chi connectivity index (χ3n) is 3.42. The first-order valence-corrected chi connectivity index (χ1v) is 7.68. The van der Waals surface area contributed by atoms with E-state index in [0.717, 1.165) is 0 Å². The summed E-state index contributed by atoms with van der Waals surface area (Å²) < 4.78 is 14.5. The Bertz CT molecular complexity index is 922. The summed E-state index contributed by atoms with van der Waals surface area (Å²) in [5.74, 6) is -0.706. The van der Waals surface area contributed by atoms with Crippen LogP contribution in [0.5, 0.6) is 0 Å². The van der Waals surface area contributed by atoms with Gasteiger partial charge in [0, 0.05) is 18.0 Å². The van der Waals surface area contributed by atoms with Crippen molar-refractivity contribution >= 4 is 23.7 Å². The van der Waals surface area contributed by atoms with Gasteiger partial charge in [-0.05, 0) is 43.3 Å². The fraction of sp³-hybridized carbons (Fsp3) is 0.0588. The number of pyridine rings is 1. The van der Waals surface area contributed by atoms with Crippen LogP contribution in [0.3, 0.4) is 0 Å². The Morgan fingerprint density at radius 1 is 1.24 bits per heavy atom. The molecule has 6 nitrogen and oxygen atoms in total. The topological polar surface area (TPSA) is 72.2 Å². The molecule has 0 saturated heterocycles. The Morgan fingerprint density at radius 2 is 1.92 bits per heavy atom. The van der Waals surface area contributed by atoms with Crippen LogP contribution in [0.1, 0.15) is 21.6 Å². The lowest BCUT2D eigenvalue weighted by Crippen LogP contribution is -2.17. The minimum Gasteiger partial charge on any atom is -0.267 e. The van der Waals surface area contributed by atoms with Gasteiger partial charge in [0.25, 0.3) is 5.91 Å². The second-order valence-corrected chi connectivity index (χ2v) is 5.47. The number of nitrogens with zero attached hydrogens (tertiary/aromatic N) is 4. The number of benzene rings is 1. The van der Waals surface area contributed by atoms with Gasteiger partial charge < -0.3 is 0 Å². The summed E-state index contributed by atoms with van der Waals surface area (Å²) in [6.07, 6.45) is 4.46. The van der Waals surface area contributed by atoms with Crippen molar-refractivity contribution in [3.63, 3.8) is 0 Å². The number of amides is 1. The Labute approximate surface area is 148 Å². The van der Waals surface area contributed by atoms with E-state index in [9.17, 15) is 9.18 Å². The van der Waals surface area contributed by atoms with E-state index in [2.05, 4.69) is 20.6 Å². The Hall–Kier alpha value is -3.06. The van der Waals surface area contributed by atoms with Crippen LogP contribution in [0.4, 0.5) is 4.39 Å². The highest BCUT2D eigenvalue weighted by molar-refractivity contribution is 6.32. The van der Waals surface area contributed by atoms with Crippen LogP contribution in [0.15, 0.2) is 53.9 Å². The van der Waals surface area contributed by atoms with Gasteiger partial charge in [-0.25, -0.2) is 14.5 Å². The molecule has 3 rings (SSSR count). The molecule has 1 amide bonds. The van der Waals surface area contributed by atoms with Crippen molar-refractivity contribution in [1.82, 2.24) is 20.2 Å². The number of aryl methyl sites for hydroxylation is 1. The van der Waals surface area contributed by atoms with Crippen LogP contribution in [-0.4, -0.2) is 26.9 Å². The van der Waals surface area contributed by atoms with Gasteiger partial charge in [0.15, 0.2) is 0 Å². The van der Waals surface area contributed by atoms with Gasteiger partial charge in [0.2, 0.25) is 0 Å². The molecule has 2 aromatic heterocycles. The van der Waals surface area contributed by atoms with E-state index in [1.54, 1.807) is 31.2 Å². The normalized spacial score (nSPS) is 11.0. The highest BCUT2D eigenvalue weighted by Crippen LogP contribution is 2.22. The molecule has 2 heterocycles. The lowest BCUT2D eigenvalue weighted by atomic mass is 10.2. The Morgan fingerprint density at radius 3 is 2.60 bits per heavy atom. The van der Waals surface area contributed by atoms with Crippen molar-refractivity contribution < 1.29 is 9.18 Å². The van der Waals surface area contributed by atoms with Crippen LogP contribution >= 0.6 is 11.6 Å². The van der Waals surface area contributed by atoms with Gasteiger partial charge in [-0.3, -0.25) is 9.78 Å². The van der Waals surface area contributed by atoms with Gasteiger partial charge in [0.1, 0.15) is 11.0 Å². The lowest BCUT2D eigenvalue weighted by Gasteiger charge is -2.02. The highest BCUT2D eigenvalue weighted by Gasteiger charge is 2.13. The molecule has 0 atom stereocenters. The average molecular weight is 358 g/mol. The number of carbonyl (C=O) groups is 1. The largest absolute Gasteiger partial charge is 0.271 e. The van der Waals surface area contributed by atoms with Gasteiger partial charge in [-0.2, -0.15) is 10.2 Å². The van der Waals surface area contributed by atoms with Crippen molar-refractivity contribution in [2.45, 2.75) is 6.92 Å². The number of rotatable bonds is 4. The Kier molecular flexibility index (Phi) is 4.85.